The Morgan fingerprint density at radius 1 is 1.12 bits per heavy atom. The number of hydrogen-bond acceptors (Lipinski definition) is 5. The summed E-state index contributed by atoms with van der Waals surface area (Å²) >= 11 is 0. The van der Waals surface area contributed by atoms with Gasteiger partial charge in [0.2, 0.25) is 0 Å². The largest absolute Gasteiger partial charge is 0.381 e. The van der Waals surface area contributed by atoms with Gasteiger partial charge in [-0.25, -0.2) is 13.4 Å². The highest BCUT2D eigenvalue weighted by atomic mass is 32.2. The smallest absolute Gasteiger partial charge is 0.264 e. The minimum absolute atomic E-state index is 0.210. The minimum atomic E-state index is -3.66. The summed E-state index contributed by atoms with van der Waals surface area (Å²) in [6, 6.07) is 13.3. The highest BCUT2D eigenvalue weighted by Crippen LogP contribution is 2.32. The number of sulfonamides is 1. The van der Waals surface area contributed by atoms with Gasteiger partial charge in [-0.1, -0.05) is 32.9 Å². The molecule has 2 aliphatic rings. The van der Waals surface area contributed by atoms with Gasteiger partial charge in [0.1, 0.15) is 0 Å². The van der Waals surface area contributed by atoms with Crippen LogP contribution in [0.25, 0.3) is 0 Å². The van der Waals surface area contributed by atoms with Crippen molar-refractivity contribution in [2.45, 2.75) is 51.5 Å². The number of hydrazine groups is 1. The second kappa shape index (κ2) is 9.81. The molecule has 6 nitrogen and oxygen atoms in total. The Hall–Kier alpha value is -2.09. The number of rotatable bonds is 8. The van der Waals surface area contributed by atoms with E-state index in [4.69, 9.17) is 4.74 Å². The van der Waals surface area contributed by atoms with Gasteiger partial charge in [0.15, 0.2) is 0 Å². The van der Waals surface area contributed by atoms with Crippen molar-refractivity contribution < 1.29 is 13.2 Å². The maximum atomic E-state index is 13.7. The van der Waals surface area contributed by atoms with Crippen LogP contribution in [0, 0.1) is 11.8 Å². The predicted octanol–water partition coefficient (Wildman–Crippen LogP) is 4.67. The minimum Gasteiger partial charge on any atom is -0.381 e. The van der Waals surface area contributed by atoms with Gasteiger partial charge < -0.3 is 10.2 Å². The van der Waals surface area contributed by atoms with Gasteiger partial charge in [-0.15, -0.1) is 0 Å². The number of nitrogens with zero attached hydrogens (tertiary/aromatic N) is 2. The van der Waals surface area contributed by atoms with Gasteiger partial charge in [-0.05, 0) is 72.6 Å². The Labute approximate surface area is 192 Å². The maximum absolute atomic E-state index is 13.7. The number of hydrogen-bond donors (Lipinski definition) is 1. The van der Waals surface area contributed by atoms with Crippen LogP contribution in [0.4, 0.5) is 11.4 Å². The van der Waals surface area contributed by atoms with Gasteiger partial charge in [0.05, 0.1) is 16.3 Å². The molecule has 0 bridgehead atoms. The Bertz CT molecular complexity index is 1020. The van der Waals surface area contributed by atoms with Crippen LogP contribution in [0.1, 0.15) is 44.7 Å². The summed E-state index contributed by atoms with van der Waals surface area (Å²) in [4.78, 5) is 0.353. The topological polar surface area (TPSA) is 61.9 Å². The molecule has 0 aliphatic carbocycles. The molecule has 0 spiro atoms. The third kappa shape index (κ3) is 5.11. The molecule has 174 valence electrons. The molecule has 0 radical (unpaired) electrons. The summed E-state index contributed by atoms with van der Waals surface area (Å²) < 4.78 is 34.4. The van der Waals surface area contributed by atoms with E-state index in [1.54, 1.807) is 10.4 Å². The Balaban J connectivity index is 1.55. The van der Waals surface area contributed by atoms with Crippen LogP contribution < -0.4 is 9.73 Å². The molecule has 0 aromatic heterocycles. The van der Waals surface area contributed by atoms with Crippen molar-refractivity contribution in [3.05, 3.63) is 53.6 Å². The molecule has 0 unspecified atom stereocenters. The summed E-state index contributed by atoms with van der Waals surface area (Å²) in [7, 11) is -3.66. The molecular weight excluding hydrogens is 422 g/mol. The Morgan fingerprint density at radius 3 is 2.50 bits per heavy atom. The van der Waals surface area contributed by atoms with Gasteiger partial charge in [-0.2, -0.15) is 0 Å². The number of benzene rings is 2. The third-order valence-corrected chi connectivity index (χ3v) is 8.08. The normalized spacial score (nSPS) is 17.4. The molecule has 2 aromatic carbocycles. The summed E-state index contributed by atoms with van der Waals surface area (Å²) in [6.07, 6.45) is 3.09. The van der Waals surface area contributed by atoms with Crippen LogP contribution in [0.2, 0.25) is 0 Å². The van der Waals surface area contributed by atoms with E-state index in [2.05, 4.69) is 17.4 Å². The van der Waals surface area contributed by atoms with E-state index in [0.717, 1.165) is 56.0 Å². The highest BCUT2D eigenvalue weighted by molar-refractivity contribution is 7.92. The van der Waals surface area contributed by atoms with E-state index in [9.17, 15) is 8.42 Å². The third-order valence-electron chi connectivity index (χ3n) is 6.29. The molecule has 4 rings (SSSR count). The van der Waals surface area contributed by atoms with Gasteiger partial charge in [-0.3, -0.25) is 4.31 Å². The van der Waals surface area contributed by atoms with E-state index in [0.29, 0.717) is 23.9 Å². The van der Waals surface area contributed by atoms with Gasteiger partial charge >= 0.3 is 0 Å². The zero-order valence-electron chi connectivity index (χ0n) is 19.4. The molecule has 0 amide bonds. The predicted molar refractivity (Wildman–Crippen MR) is 129 cm³/mol. The van der Waals surface area contributed by atoms with E-state index in [-0.39, 0.29) is 5.92 Å². The molecular formula is C25H35N3O3S. The van der Waals surface area contributed by atoms with Crippen LogP contribution in [-0.2, 0) is 27.7 Å². The van der Waals surface area contributed by atoms with E-state index in [1.807, 2.05) is 50.2 Å². The Morgan fingerprint density at radius 2 is 1.84 bits per heavy atom. The molecule has 2 heterocycles. The molecule has 2 aliphatic heterocycles. The zero-order valence-corrected chi connectivity index (χ0v) is 20.2. The molecule has 0 saturated carbocycles. The molecule has 2 aromatic rings. The summed E-state index contributed by atoms with van der Waals surface area (Å²) in [5.74, 6) is 0.822. The second-order valence-corrected chi connectivity index (χ2v) is 11.2. The number of nitrogens with one attached hydrogen (secondary N) is 1. The molecule has 1 saturated heterocycles. The average molecular weight is 458 g/mol. The molecule has 32 heavy (non-hydrogen) atoms. The van der Waals surface area contributed by atoms with Crippen molar-refractivity contribution in [3.8, 4) is 0 Å². The summed E-state index contributed by atoms with van der Waals surface area (Å²) in [6.45, 7) is 9.96. The first-order valence-electron chi connectivity index (χ1n) is 11.7. The number of ether oxygens (including phenoxy) is 1. The SMILES string of the molecule is CCc1ccc(N(CC(C)C)S(=O)(=O)c2ccc3c(c2)CN(CC2CCOCC2)N3)cc1. The first-order chi connectivity index (χ1) is 15.4. The first-order valence-corrected chi connectivity index (χ1v) is 13.1. The number of anilines is 2. The van der Waals surface area contributed by atoms with Crippen LogP contribution in [0.3, 0.4) is 0 Å². The molecule has 1 N–H and O–H groups in total. The highest BCUT2D eigenvalue weighted by Gasteiger charge is 2.29. The average Bonchev–Trinajstić information content (AvgIpc) is 3.19. The van der Waals surface area contributed by atoms with Crippen LogP contribution in [0.5, 0.6) is 0 Å². The molecule has 1 fully saturated rings. The van der Waals surface area contributed by atoms with Crippen molar-refractivity contribution in [2.24, 2.45) is 11.8 Å². The van der Waals surface area contributed by atoms with Crippen LogP contribution in [-0.4, -0.2) is 39.7 Å². The number of aryl methyl sites for hydroxylation is 1. The lowest BCUT2D eigenvalue weighted by Gasteiger charge is -2.26. The van der Waals surface area contributed by atoms with Crippen molar-refractivity contribution in [1.29, 1.82) is 0 Å². The van der Waals surface area contributed by atoms with E-state index in [1.165, 1.54) is 5.56 Å². The molecule has 7 heteroatoms. The van der Waals surface area contributed by atoms with Crippen molar-refractivity contribution >= 4 is 21.4 Å². The first kappa shape index (κ1) is 23.1. The quantitative estimate of drug-likeness (QED) is 0.624. The lowest BCUT2D eigenvalue weighted by molar-refractivity contribution is 0.0557. The molecule has 0 atom stereocenters. The second-order valence-electron chi connectivity index (χ2n) is 9.32. The standard InChI is InChI=1S/C25H35N3O3S/c1-4-20-5-7-23(8-6-20)28(16-19(2)3)32(29,30)24-9-10-25-22(15-24)18-27(26-25)17-21-11-13-31-14-12-21/h5-10,15,19,21,26H,4,11-14,16-18H2,1-3H3. The van der Waals surface area contributed by atoms with Crippen molar-refractivity contribution in [2.75, 3.05) is 36.0 Å². The van der Waals surface area contributed by atoms with Crippen molar-refractivity contribution in [3.63, 3.8) is 0 Å². The van der Waals surface area contributed by atoms with E-state index < -0.39 is 10.0 Å². The fourth-order valence-electron chi connectivity index (χ4n) is 4.44. The summed E-state index contributed by atoms with van der Waals surface area (Å²) in [5.41, 5.74) is 7.40. The van der Waals surface area contributed by atoms with Gasteiger partial charge in [0.25, 0.3) is 10.0 Å². The maximum Gasteiger partial charge on any atom is 0.264 e. The van der Waals surface area contributed by atoms with Crippen molar-refractivity contribution in [1.82, 2.24) is 5.01 Å². The van der Waals surface area contributed by atoms with Crippen LogP contribution in [0.15, 0.2) is 47.4 Å². The fourth-order valence-corrected chi connectivity index (χ4v) is 6.12. The lowest BCUT2D eigenvalue weighted by Crippen LogP contribution is -2.34. The number of fused-ring (bicyclic) bond motifs is 1. The fraction of sp³-hybridized carbons (Fsp3) is 0.520. The van der Waals surface area contributed by atoms with E-state index >= 15 is 0 Å². The lowest BCUT2D eigenvalue weighted by atomic mass is 10.0. The monoisotopic (exact) mass is 457 g/mol. The van der Waals surface area contributed by atoms with Crippen LogP contribution >= 0.6 is 0 Å². The Kier molecular flexibility index (Phi) is 7.08. The summed E-state index contributed by atoms with van der Waals surface area (Å²) in [5, 5.41) is 2.20. The van der Waals surface area contributed by atoms with Gasteiger partial charge in [0, 0.05) is 32.8 Å². The zero-order chi connectivity index (χ0) is 22.7.